The zero-order valence-electron chi connectivity index (χ0n) is 20.2. The van der Waals surface area contributed by atoms with Gasteiger partial charge in [-0.1, -0.05) is 45.4 Å². The zero-order valence-corrected chi connectivity index (χ0v) is 21.7. The Hall–Kier alpha value is -3.04. The largest absolute Gasteiger partial charge is 0.352 e. The third-order valence-electron chi connectivity index (χ3n) is 6.92. The van der Waals surface area contributed by atoms with E-state index >= 15 is 0 Å². The minimum Gasteiger partial charge on any atom is -0.352 e. The van der Waals surface area contributed by atoms with Crippen molar-refractivity contribution in [3.63, 3.8) is 0 Å². The van der Waals surface area contributed by atoms with E-state index in [0.717, 1.165) is 60.1 Å². The van der Waals surface area contributed by atoms with Crippen LogP contribution < -0.4 is 5.32 Å². The second-order valence-corrected chi connectivity index (χ2v) is 10.4. The molecule has 8 nitrogen and oxygen atoms in total. The minimum atomic E-state index is 0.0164. The highest BCUT2D eigenvalue weighted by atomic mass is 79.9. The van der Waals surface area contributed by atoms with Gasteiger partial charge in [0.05, 0.1) is 6.54 Å². The van der Waals surface area contributed by atoms with Gasteiger partial charge in [-0.15, -0.1) is 0 Å². The number of likely N-dealkylation sites (tertiary alicyclic amines) is 2. The maximum Gasteiger partial charge on any atom is 0.241 e. The molecule has 2 aliphatic heterocycles. The van der Waals surface area contributed by atoms with Crippen LogP contribution in [0.25, 0.3) is 11.4 Å². The van der Waals surface area contributed by atoms with Crippen molar-refractivity contribution in [3.05, 3.63) is 70.0 Å². The molecule has 1 N–H and O–H groups in total. The van der Waals surface area contributed by atoms with E-state index in [0.29, 0.717) is 37.8 Å². The summed E-state index contributed by atoms with van der Waals surface area (Å²) in [6.45, 7) is 4.25. The standard InChI is InChI=1S/C27H30BrN5O3/c28-23-9-7-21(8-10-23)26-30-24(36-31-26)18-32-14-11-22(12-15-32)27(35)29-16-19-3-5-20(6-4-19)17-33-13-1-2-25(33)34/h3-10,22H,1-2,11-18H2,(H,29,35). The van der Waals surface area contributed by atoms with E-state index in [1.165, 1.54) is 0 Å². The Morgan fingerprint density at radius 3 is 2.42 bits per heavy atom. The molecule has 3 aromatic rings. The van der Waals surface area contributed by atoms with Crippen LogP contribution >= 0.6 is 15.9 Å². The number of aromatic nitrogens is 2. The zero-order chi connectivity index (χ0) is 24.9. The van der Waals surface area contributed by atoms with Gasteiger partial charge in [0.15, 0.2) is 0 Å². The van der Waals surface area contributed by atoms with Gasteiger partial charge in [0.25, 0.3) is 0 Å². The summed E-state index contributed by atoms with van der Waals surface area (Å²) in [6, 6.07) is 16.0. The topological polar surface area (TPSA) is 91.6 Å². The molecular weight excluding hydrogens is 522 g/mol. The molecule has 0 saturated carbocycles. The summed E-state index contributed by atoms with van der Waals surface area (Å²) in [6.07, 6.45) is 3.23. The van der Waals surface area contributed by atoms with E-state index in [-0.39, 0.29) is 17.7 Å². The highest BCUT2D eigenvalue weighted by molar-refractivity contribution is 9.10. The van der Waals surface area contributed by atoms with Gasteiger partial charge in [-0.2, -0.15) is 4.98 Å². The first-order valence-corrected chi connectivity index (χ1v) is 13.3. The van der Waals surface area contributed by atoms with E-state index in [1.54, 1.807) is 0 Å². The quantitative estimate of drug-likeness (QED) is 0.452. The third-order valence-corrected chi connectivity index (χ3v) is 7.45. The van der Waals surface area contributed by atoms with Gasteiger partial charge in [0.1, 0.15) is 0 Å². The molecule has 1 aromatic heterocycles. The van der Waals surface area contributed by atoms with Gasteiger partial charge in [-0.05, 0) is 67.7 Å². The number of rotatable bonds is 8. The fourth-order valence-electron chi connectivity index (χ4n) is 4.77. The normalized spacial score (nSPS) is 17.0. The molecule has 3 heterocycles. The number of hydrogen-bond donors (Lipinski definition) is 1. The number of nitrogens with one attached hydrogen (secondary N) is 1. The van der Waals surface area contributed by atoms with Crippen molar-refractivity contribution >= 4 is 27.7 Å². The monoisotopic (exact) mass is 551 g/mol. The average Bonchev–Trinajstić information content (AvgIpc) is 3.53. The van der Waals surface area contributed by atoms with Crippen LogP contribution in [0.5, 0.6) is 0 Å². The van der Waals surface area contributed by atoms with Crippen molar-refractivity contribution in [2.24, 2.45) is 5.92 Å². The van der Waals surface area contributed by atoms with Crippen LogP contribution in [0, 0.1) is 5.92 Å². The number of carbonyl (C=O) groups is 2. The number of piperidine rings is 1. The third kappa shape index (κ3) is 6.20. The van der Waals surface area contributed by atoms with Gasteiger partial charge in [-0.3, -0.25) is 14.5 Å². The number of carbonyl (C=O) groups excluding carboxylic acids is 2. The second-order valence-electron chi connectivity index (χ2n) is 9.52. The Morgan fingerprint density at radius 1 is 1.00 bits per heavy atom. The SMILES string of the molecule is O=C(NCc1ccc(CN2CCCC2=O)cc1)C1CCN(Cc2nc(-c3ccc(Br)cc3)no2)CC1. The summed E-state index contributed by atoms with van der Waals surface area (Å²) in [4.78, 5) is 33.2. The lowest BCUT2D eigenvalue weighted by atomic mass is 9.96. The van der Waals surface area contributed by atoms with Gasteiger partial charge in [0, 0.05) is 42.0 Å². The molecule has 0 spiro atoms. The van der Waals surface area contributed by atoms with Gasteiger partial charge < -0.3 is 14.7 Å². The molecule has 188 valence electrons. The van der Waals surface area contributed by atoms with E-state index in [2.05, 4.69) is 36.3 Å². The Balaban J connectivity index is 1.04. The highest BCUT2D eigenvalue weighted by Crippen LogP contribution is 2.22. The van der Waals surface area contributed by atoms with Crippen molar-refractivity contribution in [1.29, 1.82) is 0 Å². The van der Waals surface area contributed by atoms with Gasteiger partial charge in [0.2, 0.25) is 23.5 Å². The Morgan fingerprint density at radius 2 is 1.72 bits per heavy atom. The maximum atomic E-state index is 12.7. The summed E-state index contributed by atoms with van der Waals surface area (Å²) in [7, 11) is 0. The molecule has 0 unspecified atom stereocenters. The van der Waals surface area contributed by atoms with Crippen molar-refractivity contribution in [3.8, 4) is 11.4 Å². The summed E-state index contributed by atoms with van der Waals surface area (Å²) in [5.41, 5.74) is 3.10. The first-order chi connectivity index (χ1) is 17.5. The maximum absolute atomic E-state index is 12.7. The molecule has 0 bridgehead atoms. The molecule has 2 fully saturated rings. The molecule has 5 rings (SSSR count). The first kappa shape index (κ1) is 24.6. The number of benzene rings is 2. The predicted octanol–water partition coefficient (Wildman–Crippen LogP) is 4.15. The summed E-state index contributed by atoms with van der Waals surface area (Å²) in [5.74, 6) is 1.54. The highest BCUT2D eigenvalue weighted by Gasteiger charge is 2.26. The summed E-state index contributed by atoms with van der Waals surface area (Å²) in [5, 5.41) is 7.19. The van der Waals surface area contributed by atoms with Crippen molar-refractivity contribution < 1.29 is 14.1 Å². The summed E-state index contributed by atoms with van der Waals surface area (Å²) >= 11 is 3.43. The molecule has 2 saturated heterocycles. The molecule has 2 amide bonds. The van der Waals surface area contributed by atoms with Crippen LogP contribution in [0.4, 0.5) is 0 Å². The fourth-order valence-corrected chi connectivity index (χ4v) is 5.03. The van der Waals surface area contributed by atoms with E-state index < -0.39 is 0 Å². The Bertz CT molecular complexity index is 1190. The van der Waals surface area contributed by atoms with Crippen LogP contribution in [0.1, 0.15) is 42.7 Å². The van der Waals surface area contributed by atoms with E-state index in [1.807, 2.05) is 53.4 Å². The lowest BCUT2D eigenvalue weighted by Crippen LogP contribution is -2.40. The van der Waals surface area contributed by atoms with Gasteiger partial charge in [-0.25, -0.2) is 0 Å². The lowest BCUT2D eigenvalue weighted by Gasteiger charge is -2.30. The number of amides is 2. The Labute approximate surface area is 219 Å². The van der Waals surface area contributed by atoms with Crippen LogP contribution in [0.3, 0.4) is 0 Å². The smallest absolute Gasteiger partial charge is 0.241 e. The summed E-state index contributed by atoms with van der Waals surface area (Å²) < 4.78 is 6.46. The molecule has 0 aliphatic carbocycles. The average molecular weight is 552 g/mol. The van der Waals surface area contributed by atoms with Gasteiger partial charge >= 0.3 is 0 Å². The minimum absolute atomic E-state index is 0.0164. The van der Waals surface area contributed by atoms with Crippen LogP contribution in [-0.2, 0) is 29.2 Å². The number of halogens is 1. The number of nitrogens with zero attached hydrogens (tertiary/aromatic N) is 4. The molecule has 9 heteroatoms. The van der Waals surface area contributed by atoms with E-state index in [4.69, 9.17) is 4.52 Å². The van der Waals surface area contributed by atoms with Crippen LogP contribution in [-0.4, -0.2) is 51.4 Å². The van der Waals surface area contributed by atoms with Crippen molar-refractivity contribution in [2.75, 3.05) is 19.6 Å². The first-order valence-electron chi connectivity index (χ1n) is 12.5. The van der Waals surface area contributed by atoms with E-state index in [9.17, 15) is 9.59 Å². The molecule has 0 radical (unpaired) electrons. The number of hydrogen-bond acceptors (Lipinski definition) is 6. The molecule has 0 atom stereocenters. The van der Waals surface area contributed by atoms with Crippen molar-refractivity contribution in [1.82, 2.24) is 25.3 Å². The molecule has 36 heavy (non-hydrogen) atoms. The molecular formula is C27H30BrN5O3. The van der Waals surface area contributed by atoms with Crippen molar-refractivity contribution in [2.45, 2.75) is 45.3 Å². The second kappa shape index (κ2) is 11.3. The predicted molar refractivity (Wildman–Crippen MR) is 138 cm³/mol. The lowest BCUT2D eigenvalue weighted by molar-refractivity contribution is -0.128. The fraction of sp³-hybridized carbons (Fsp3) is 0.407. The van der Waals surface area contributed by atoms with Crippen LogP contribution in [0.2, 0.25) is 0 Å². The van der Waals surface area contributed by atoms with Crippen LogP contribution in [0.15, 0.2) is 57.5 Å². The molecule has 2 aromatic carbocycles. The molecule has 2 aliphatic rings. The Kier molecular flexibility index (Phi) is 7.77.